The Hall–Kier alpha value is -1.66. The van der Waals surface area contributed by atoms with Crippen LogP contribution in [-0.2, 0) is 0 Å². The molecule has 1 heterocycles. The predicted molar refractivity (Wildman–Crippen MR) is 66.8 cm³/mol. The molecule has 0 aliphatic carbocycles. The molecular weight excluding hydrogens is 264 g/mol. The maximum absolute atomic E-state index is 8.88. The summed E-state index contributed by atoms with van der Waals surface area (Å²) in [6, 6.07) is 11.6. The number of aromatic nitrogens is 1. The summed E-state index contributed by atoms with van der Waals surface area (Å²) >= 11 is 3.48. The van der Waals surface area contributed by atoms with Crippen molar-refractivity contribution >= 4 is 15.9 Å². The normalized spacial score (nSPS) is 9.81. The number of hydrogen-bond donors (Lipinski definition) is 0. The molecule has 0 fully saturated rings. The number of nitriles is 1. The van der Waals surface area contributed by atoms with Crippen molar-refractivity contribution in [3.63, 3.8) is 0 Å². The lowest BCUT2D eigenvalue weighted by molar-refractivity contribution is 1.26. The molecule has 0 saturated heterocycles. The van der Waals surface area contributed by atoms with Gasteiger partial charge in [-0.15, -0.1) is 0 Å². The van der Waals surface area contributed by atoms with Crippen molar-refractivity contribution in [2.75, 3.05) is 0 Å². The van der Waals surface area contributed by atoms with Gasteiger partial charge < -0.3 is 0 Å². The summed E-state index contributed by atoms with van der Waals surface area (Å²) in [5.74, 6) is 0. The third-order valence-electron chi connectivity index (χ3n) is 2.36. The second-order valence-electron chi connectivity index (χ2n) is 3.48. The molecule has 0 amide bonds. The SMILES string of the molecule is Cc1cccnc1-c1cc(C#N)ccc1Br. The van der Waals surface area contributed by atoms with E-state index in [2.05, 4.69) is 27.0 Å². The zero-order valence-corrected chi connectivity index (χ0v) is 10.3. The minimum absolute atomic E-state index is 0.642. The van der Waals surface area contributed by atoms with E-state index in [0.717, 1.165) is 21.3 Å². The highest BCUT2D eigenvalue weighted by Gasteiger charge is 2.07. The van der Waals surface area contributed by atoms with Gasteiger partial charge in [-0.05, 0) is 36.8 Å². The molecular formula is C13H9BrN2. The van der Waals surface area contributed by atoms with Crippen molar-refractivity contribution in [2.45, 2.75) is 6.92 Å². The number of nitrogens with zero attached hydrogens (tertiary/aromatic N) is 2. The van der Waals surface area contributed by atoms with E-state index in [1.54, 1.807) is 12.3 Å². The van der Waals surface area contributed by atoms with E-state index in [9.17, 15) is 0 Å². The van der Waals surface area contributed by atoms with Crippen molar-refractivity contribution in [1.29, 1.82) is 5.26 Å². The summed E-state index contributed by atoms with van der Waals surface area (Å²) in [5.41, 5.74) is 3.60. The first-order valence-corrected chi connectivity index (χ1v) is 5.63. The van der Waals surface area contributed by atoms with Gasteiger partial charge in [-0.3, -0.25) is 4.98 Å². The fourth-order valence-corrected chi connectivity index (χ4v) is 1.98. The first kappa shape index (κ1) is 10.8. The predicted octanol–water partition coefficient (Wildman–Crippen LogP) is 3.69. The van der Waals surface area contributed by atoms with E-state index in [1.165, 1.54) is 0 Å². The van der Waals surface area contributed by atoms with Gasteiger partial charge in [0.1, 0.15) is 0 Å². The van der Waals surface area contributed by atoms with E-state index in [-0.39, 0.29) is 0 Å². The molecule has 2 nitrogen and oxygen atoms in total. The smallest absolute Gasteiger partial charge is 0.0991 e. The van der Waals surface area contributed by atoms with Crippen LogP contribution in [-0.4, -0.2) is 4.98 Å². The van der Waals surface area contributed by atoms with E-state index in [1.807, 2.05) is 31.2 Å². The Balaban J connectivity index is 2.65. The van der Waals surface area contributed by atoms with Gasteiger partial charge in [0.05, 0.1) is 17.3 Å². The van der Waals surface area contributed by atoms with Crippen LogP contribution in [0.25, 0.3) is 11.3 Å². The van der Waals surface area contributed by atoms with Crippen LogP contribution < -0.4 is 0 Å². The van der Waals surface area contributed by atoms with Crippen LogP contribution in [0.2, 0.25) is 0 Å². The Bertz CT molecular complexity index is 570. The molecule has 1 aromatic carbocycles. The van der Waals surface area contributed by atoms with Crippen molar-refractivity contribution in [3.8, 4) is 17.3 Å². The molecule has 16 heavy (non-hydrogen) atoms. The van der Waals surface area contributed by atoms with Crippen molar-refractivity contribution in [3.05, 3.63) is 52.1 Å². The molecule has 2 aromatic rings. The lowest BCUT2D eigenvalue weighted by Crippen LogP contribution is -1.89. The Morgan fingerprint density at radius 3 is 2.81 bits per heavy atom. The van der Waals surface area contributed by atoms with E-state index < -0.39 is 0 Å². The molecule has 1 aromatic heterocycles. The average Bonchev–Trinajstić information content (AvgIpc) is 2.31. The highest BCUT2D eigenvalue weighted by atomic mass is 79.9. The molecule has 0 bridgehead atoms. The van der Waals surface area contributed by atoms with Crippen molar-refractivity contribution < 1.29 is 0 Å². The van der Waals surface area contributed by atoms with Gasteiger partial charge in [0.15, 0.2) is 0 Å². The van der Waals surface area contributed by atoms with Crippen LogP contribution in [0.4, 0.5) is 0 Å². The molecule has 3 heteroatoms. The monoisotopic (exact) mass is 272 g/mol. The van der Waals surface area contributed by atoms with Crippen LogP contribution >= 0.6 is 15.9 Å². The van der Waals surface area contributed by atoms with Crippen molar-refractivity contribution in [1.82, 2.24) is 4.98 Å². The van der Waals surface area contributed by atoms with Gasteiger partial charge in [-0.2, -0.15) is 5.26 Å². The third-order valence-corrected chi connectivity index (χ3v) is 3.05. The van der Waals surface area contributed by atoms with Gasteiger partial charge >= 0.3 is 0 Å². The zero-order valence-electron chi connectivity index (χ0n) is 8.74. The van der Waals surface area contributed by atoms with Gasteiger partial charge in [0.2, 0.25) is 0 Å². The maximum atomic E-state index is 8.88. The fourth-order valence-electron chi connectivity index (χ4n) is 1.54. The number of benzene rings is 1. The number of rotatable bonds is 1. The summed E-state index contributed by atoms with van der Waals surface area (Å²) in [5, 5.41) is 8.88. The quantitative estimate of drug-likeness (QED) is 0.794. The Labute approximate surface area is 103 Å². The van der Waals surface area contributed by atoms with Crippen LogP contribution in [0.15, 0.2) is 41.0 Å². The molecule has 0 unspecified atom stereocenters. The largest absolute Gasteiger partial charge is 0.256 e. The molecule has 78 valence electrons. The number of halogens is 1. The van der Waals surface area contributed by atoms with Crippen LogP contribution in [0.3, 0.4) is 0 Å². The molecule has 0 spiro atoms. The van der Waals surface area contributed by atoms with E-state index in [0.29, 0.717) is 5.56 Å². The first-order valence-electron chi connectivity index (χ1n) is 4.84. The summed E-state index contributed by atoms with van der Waals surface area (Å²) in [6.45, 7) is 2.01. The highest BCUT2D eigenvalue weighted by Crippen LogP contribution is 2.29. The van der Waals surface area contributed by atoms with E-state index >= 15 is 0 Å². The molecule has 0 N–H and O–H groups in total. The van der Waals surface area contributed by atoms with Crippen LogP contribution in [0, 0.1) is 18.3 Å². The minimum atomic E-state index is 0.642. The molecule has 2 rings (SSSR count). The first-order chi connectivity index (χ1) is 7.72. The number of aryl methyl sites for hydroxylation is 1. The highest BCUT2D eigenvalue weighted by molar-refractivity contribution is 9.10. The van der Waals surface area contributed by atoms with Crippen molar-refractivity contribution in [2.24, 2.45) is 0 Å². The zero-order chi connectivity index (χ0) is 11.5. The van der Waals surface area contributed by atoms with Crippen LogP contribution in [0.5, 0.6) is 0 Å². The summed E-state index contributed by atoms with van der Waals surface area (Å²) in [7, 11) is 0. The second-order valence-corrected chi connectivity index (χ2v) is 4.33. The topological polar surface area (TPSA) is 36.7 Å². The average molecular weight is 273 g/mol. The lowest BCUT2D eigenvalue weighted by Gasteiger charge is -2.07. The summed E-state index contributed by atoms with van der Waals surface area (Å²) in [6.07, 6.45) is 1.76. The van der Waals surface area contributed by atoms with Gasteiger partial charge in [-0.25, -0.2) is 0 Å². The van der Waals surface area contributed by atoms with E-state index in [4.69, 9.17) is 5.26 Å². The fraction of sp³-hybridized carbons (Fsp3) is 0.0769. The van der Waals surface area contributed by atoms with Gasteiger partial charge in [0, 0.05) is 16.2 Å². The minimum Gasteiger partial charge on any atom is -0.256 e. The number of pyridine rings is 1. The number of hydrogen-bond acceptors (Lipinski definition) is 2. The van der Waals surface area contributed by atoms with Gasteiger partial charge in [-0.1, -0.05) is 22.0 Å². The molecule has 0 radical (unpaired) electrons. The maximum Gasteiger partial charge on any atom is 0.0991 e. The summed E-state index contributed by atoms with van der Waals surface area (Å²) < 4.78 is 0.952. The lowest BCUT2D eigenvalue weighted by atomic mass is 10.0. The summed E-state index contributed by atoms with van der Waals surface area (Å²) in [4.78, 5) is 4.35. The third kappa shape index (κ3) is 1.98. The standard InChI is InChI=1S/C13H9BrN2/c1-9-3-2-6-16-13(9)11-7-10(8-15)4-5-12(11)14/h2-7H,1H3. The van der Waals surface area contributed by atoms with Crippen LogP contribution in [0.1, 0.15) is 11.1 Å². The Morgan fingerprint density at radius 2 is 2.12 bits per heavy atom. The second kappa shape index (κ2) is 4.46. The molecule has 0 atom stereocenters. The molecule has 0 aliphatic rings. The molecule has 0 saturated carbocycles. The Morgan fingerprint density at radius 1 is 1.31 bits per heavy atom. The van der Waals surface area contributed by atoms with Gasteiger partial charge in [0.25, 0.3) is 0 Å². The molecule has 0 aliphatic heterocycles. The Kier molecular flexibility index (Phi) is 3.02.